The van der Waals surface area contributed by atoms with E-state index < -0.39 is 0 Å². The first kappa shape index (κ1) is 7.39. The van der Waals surface area contributed by atoms with E-state index in [-0.39, 0.29) is 0 Å². The van der Waals surface area contributed by atoms with Gasteiger partial charge in [-0.1, -0.05) is 19.1 Å². The molecule has 0 bridgehead atoms. The average molecular weight is 137 g/mol. The lowest BCUT2D eigenvalue weighted by atomic mass is 10.2. The van der Waals surface area contributed by atoms with Crippen LogP contribution in [0.2, 0.25) is 0 Å². The van der Waals surface area contributed by atoms with Gasteiger partial charge in [-0.15, -0.1) is 0 Å². The summed E-state index contributed by atoms with van der Waals surface area (Å²) < 4.78 is 0. The number of hydrogen-bond donors (Lipinski definition) is 1. The van der Waals surface area contributed by atoms with Crippen molar-refractivity contribution in [1.29, 1.82) is 0 Å². The van der Waals surface area contributed by atoms with Crippen LogP contribution in [0.25, 0.3) is 0 Å². The Hall–Kier alpha value is -0.720. The van der Waals surface area contributed by atoms with Crippen LogP contribution in [-0.4, -0.2) is 0 Å². The molecule has 0 amide bonds. The van der Waals surface area contributed by atoms with Gasteiger partial charge < -0.3 is 5.73 Å². The molecule has 2 N–H and O–H groups in total. The van der Waals surface area contributed by atoms with Crippen LogP contribution in [0.1, 0.15) is 32.6 Å². The summed E-state index contributed by atoms with van der Waals surface area (Å²) in [5.41, 5.74) is 8.21. The van der Waals surface area contributed by atoms with E-state index in [1.165, 1.54) is 18.4 Å². The third kappa shape index (κ3) is 1.63. The molecule has 1 heteroatoms. The van der Waals surface area contributed by atoms with Crippen molar-refractivity contribution in [3.8, 4) is 0 Å². The topological polar surface area (TPSA) is 26.0 Å². The zero-order chi connectivity index (χ0) is 7.40. The maximum absolute atomic E-state index is 5.75. The number of nitrogens with two attached hydrogens (primary N) is 1. The van der Waals surface area contributed by atoms with E-state index in [1.54, 1.807) is 0 Å². The van der Waals surface area contributed by atoms with E-state index in [1.807, 2.05) is 0 Å². The fourth-order valence-corrected chi connectivity index (χ4v) is 1.24. The van der Waals surface area contributed by atoms with Gasteiger partial charge in [0.2, 0.25) is 0 Å². The van der Waals surface area contributed by atoms with Gasteiger partial charge in [0, 0.05) is 5.70 Å². The highest BCUT2D eigenvalue weighted by molar-refractivity contribution is 5.27. The van der Waals surface area contributed by atoms with Crippen molar-refractivity contribution in [2.75, 3.05) is 0 Å². The van der Waals surface area contributed by atoms with Gasteiger partial charge in [0.15, 0.2) is 0 Å². The second kappa shape index (κ2) is 3.45. The van der Waals surface area contributed by atoms with Crippen molar-refractivity contribution in [3.63, 3.8) is 0 Å². The number of rotatable bonds is 2. The Morgan fingerprint density at radius 1 is 1.50 bits per heavy atom. The Kier molecular flexibility index (Phi) is 2.55. The molecule has 10 heavy (non-hydrogen) atoms. The molecule has 0 aliphatic heterocycles. The fourth-order valence-electron chi connectivity index (χ4n) is 1.24. The monoisotopic (exact) mass is 137 g/mol. The van der Waals surface area contributed by atoms with Gasteiger partial charge in [0.25, 0.3) is 0 Å². The van der Waals surface area contributed by atoms with E-state index in [0.29, 0.717) is 0 Å². The van der Waals surface area contributed by atoms with Crippen molar-refractivity contribution >= 4 is 0 Å². The van der Waals surface area contributed by atoms with Crippen LogP contribution in [-0.2, 0) is 0 Å². The van der Waals surface area contributed by atoms with Crippen molar-refractivity contribution in [2.45, 2.75) is 32.6 Å². The van der Waals surface area contributed by atoms with Crippen LogP contribution >= 0.6 is 0 Å². The molecule has 1 aliphatic rings. The molecule has 0 unspecified atom stereocenters. The molecule has 0 aromatic carbocycles. The number of hydrogen-bond acceptors (Lipinski definition) is 1. The largest absolute Gasteiger partial charge is 0.402 e. The molecule has 0 atom stereocenters. The standard InChI is InChI=1S/C9H15N/c1-2-3-5-8-6-4-7-9(8)10/h3,5H,2,4,6-7,10H2,1H3. The Bertz CT molecular complexity index is 166. The molecule has 1 nitrogen and oxygen atoms in total. The van der Waals surface area contributed by atoms with Gasteiger partial charge >= 0.3 is 0 Å². The highest BCUT2D eigenvalue weighted by Gasteiger charge is 2.07. The summed E-state index contributed by atoms with van der Waals surface area (Å²) >= 11 is 0. The van der Waals surface area contributed by atoms with E-state index in [0.717, 1.165) is 18.5 Å². The first-order valence-corrected chi connectivity index (χ1v) is 3.98. The molecule has 0 aromatic heterocycles. The normalized spacial score (nSPS) is 19.3. The van der Waals surface area contributed by atoms with Crippen LogP contribution < -0.4 is 5.73 Å². The Labute approximate surface area is 62.6 Å². The maximum Gasteiger partial charge on any atom is 0.0113 e. The minimum atomic E-state index is 1.10. The summed E-state index contributed by atoms with van der Waals surface area (Å²) in [5, 5.41) is 0. The molecule has 0 spiro atoms. The van der Waals surface area contributed by atoms with Gasteiger partial charge in [-0.25, -0.2) is 0 Å². The van der Waals surface area contributed by atoms with Gasteiger partial charge in [0.1, 0.15) is 0 Å². The molecule has 56 valence electrons. The van der Waals surface area contributed by atoms with Crippen molar-refractivity contribution in [2.24, 2.45) is 5.73 Å². The summed E-state index contributed by atoms with van der Waals surface area (Å²) in [6, 6.07) is 0. The lowest BCUT2D eigenvalue weighted by Gasteiger charge is -1.93. The predicted octanol–water partition coefficient (Wildman–Crippen LogP) is 2.35. The lowest BCUT2D eigenvalue weighted by molar-refractivity contribution is 0.893. The first-order valence-electron chi connectivity index (χ1n) is 3.98. The first-order chi connectivity index (χ1) is 4.84. The molecule has 0 radical (unpaired) electrons. The number of allylic oxidation sites excluding steroid dienone is 4. The molecule has 0 heterocycles. The minimum absolute atomic E-state index is 1.10. The highest BCUT2D eigenvalue weighted by atomic mass is 14.6. The Balaban J connectivity index is 2.54. The van der Waals surface area contributed by atoms with E-state index in [4.69, 9.17) is 5.73 Å². The maximum atomic E-state index is 5.75. The molecular formula is C9H15N. The van der Waals surface area contributed by atoms with Crippen LogP contribution in [0, 0.1) is 0 Å². The van der Waals surface area contributed by atoms with Crippen LogP contribution in [0.4, 0.5) is 0 Å². The summed E-state index contributed by atoms with van der Waals surface area (Å²) in [7, 11) is 0. The molecule has 0 saturated carbocycles. The molecule has 0 aromatic rings. The Morgan fingerprint density at radius 3 is 2.80 bits per heavy atom. The van der Waals surface area contributed by atoms with Crippen LogP contribution in [0.3, 0.4) is 0 Å². The van der Waals surface area contributed by atoms with Crippen molar-refractivity contribution in [3.05, 3.63) is 23.4 Å². The van der Waals surface area contributed by atoms with E-state index in [2.05, 4.69) is 19.1 Å². The molecule has 0 saturated heterocycles. The van der Waals surface area contributed by atoms with Crippen molar-refractivity contribution < 1.29 is 0 Å². The molecule has 0 fully saturated rings. The smallest absolute Gasteiger partial charge is 0.0113 e. The predicted molar refractivity (Wildman–Crippen MR) is 44.5 cm³/mol. The SMILES string of the molecule is CCC=CC1=C(N)CCC1. The van der Waals surface area contributed by atoms with Gasteiger partial charge in [0.05, 0.1) is 0 Å². The second-order valence-electron chi connectivity index (χ2n) is 2.71. The van der Waals surface area contributed by atoms with Crippen LogP contribution in [0.5, 0.6) is 0 Å². The van der Waals surface area contributed by atoms with E-state index >= 15 is 0 Å². The average Bonchev–Trinajstić information content (AvgIpc) is 2.31. The summed E-state index contributed by atoms with van der Waals surface area (Å²) in [5.74, 6) is 0. The minimum Gasteiger partial charge on any atom is -0.402 e. The Morgan fingerprint density at radius 2 is 2.30 bits per heavy atom. The summed E-state index contributed by atoms with van der Waals surface area (Å²) in [4.78, 5) is 0. The summed E-state index contributed by atoms with van der Waals surface area (Å²) in [6.07, 6.45) is 8.98. The third-order valence-electron chi connectivity index (χ3n) is 1.86. The van der Waals surface area contributed by atoms with Gasteiger partial charge in [-0.05, 0) is 31.3 Å². The highest BCUT2D eigenvalue weighted by Crippen LogP contribution is 2.22. The molecule has 1 aliphatic carbocycles. The van der Waals surface area contributed by atoms with Gasteiger partial charge in [-0.2, -0.15) is 0 Å². The van der Waals surface area contributed by atoms with Gasteiger partial charge in [-0.3, -0.25) is 0 Å². The molecule has 1 rings (SSSR count). The van der Waals surface area contributed by atoms with Crippen molar-refractivity contribution in [1.82, 2.24) is 0 Å². The molecular weight excluding hydrogens is 122 g/mol. The summed E-state index contributed by atoms with van der Waals surface area (Å²) in [6.45, 7) is 2.14. The lowest BCUT2D eigenvalue weighted by Crippen LogP contribution is -1.93. The zero-order valence-corrected chi connectivity index (χ0v) is 6.56. The fraction of sp³-hybridized carbons (Fsp3) is 0.556. The van der Waals surface area contributed by atoms with Crippen LogP contribution in [0.15, 0.2) is 23.4 Å². The zero-order valence-electron chi connectivity index (χ0n) is 6.56. The third-order valence-corrected chi connectivity index (χ3v) is 1.86. The van der Waals surface area contributed by atoms with E-state index in [9.17, 15) is 0 Å². The second-order valence-corrected chi connectivity index (χ2v) is 2.71. The quantitative estimate of drug-likeness (QED) is 0.621.